The molecule has 0 aliphatic rings. The molecule has 4 nitrogen and oxygen atoms in total. The summed E-state index contributed by atoms with van der Waals surface area (Å²) < 4.78 is 29.2. The average molecular weight is 212 g/mol. The van der Waals surface area contributed by atoms with E-state index in [1.807, 2.05) is 0 Å². The summed E-state index contributed by atoms with van der Waals surface area (Å²) in [5.74, 6) is -0.770. The van der Waals surface area contributed by atoms with Crippen LogP contribution in [0, 0.1) is 11.3 Å². The minimum atomic E-state index is -2.85. The number of esters is 1. The molecule has 0 atom stereocenters. The van der Waals surface area contributed by atoms with Crippen LogP contribution in [0.1, 0.15) is 28.0 Å². The number of carbonyl (C=O) groups excluding carboxylic acids is 1. The fourth-order valence-corrected chi connectivity index (χ4v) is 0.971. The van der Waals surface area contributed by atoms with Gasteiger partial charge < -0.3 is 4.74 Å². The van der Waals surface area contributed by atoms with Gasteiger partial charge in [-0.05, 0) is 6.07 Å². The fourth-order valence-electron chi connectivity index (χ4n) is 0.971. The topological polar surface area (TPSA) is 63.0 Å². The van der Waals surface area contributed by atoms with E-state index < -0.39 is 23.7 Å². The van der Waals surface area contributed by atoms with Crippen molar-refractivity contribution in [3.63, 3.8) is 0 Å². The number of hydrogen-bond donors (Lipinski definition) is 0. The highest BCUT2D eigenvalue weighted by atomic mass is 19.3. The predicted molar refractivity (Wildman–Crippen MR) is 45.2 cm³/mol. The van der Waals surface area contributed by atoms with Gasteiger partial charge in [0.25, 0.3) is 6.43 Å². The van der Waals surface area contributed by atoms with Crippen molar-refractivity contribution in [2.24, 2.45) is 0 Å². The Balaban J connectivity index is 3.23. The van der Waals surface area contributed by atoms with Gasteiger partial charge in [0.1, 0.15) is 11.8 Å². The van der Waals surface area contributed by atoms with Gasteiger partial charge in [-0.1, -0.05) is 0 Å². The number of rotatable bonds is 2. The first-order valence-corrected chi connectivity index (χ1v) is 3.86. The lowest BCUT2D eigenvalue weighted by molar-refractivity contribution is 0.0599. The molecular weight excluding hydrogens is 206 g/mol. The third-order valence-corrected chi connectivity index (χ3v) is 1.68. The van der Waals surface area contributed by atoms with Gasteiger partial charge in [-0.3, -0.25) is 0 Å². The maximum atomic E-state index is 12.4. The first-order chi connectivity index (χ1) is 7.10. The number of halogens is 2. The first-order valence-electron chi connectivity index (χ1n) is 3.86. The Morgan fingerprint density at radius 2 is 2.33 bits per heavy atom. The molecule has 0 N–H and O–H groups in total. The van der Waals surface area contributed by atoms with E-state index in [9.17, 15) is 13.6 Å². The van der Waals surface area contributed by atoms with Crippen LogP contribution in [0.15, 0.2) is 12.3 Å². The molecule has 0 spiro atoms. The zero-order chi connectivity index (χ0) is 11.4. The molecular formula is C9H6F2N2O2. The van der Waals surface area contributed by atoms with E-state index in [0.717, 1.165) is 19.4 Å². The Kier molecular flexibility index (Phi) is 3.29. The van der Waals surface area contributed by atoms with Crippen molar-refractivity contribution in [3.8, 4) is 6.07 Å². The molecule has 1 aromatic rings. The third-order valence-electron chi connectivity index (χ3n) is 1.68. The Morgan fingerprint density at radius 1 is 1.67 bits per heavy atom. The molecule has 0 amide bonds. The van der Waals surface area contributed by atoms with E-state index in [-0.39, 0.29) is 5.56 Å². The number of pyridine rings is 1. The Morgan fingerprint density at radius 3 is 2.80 bits per heavy atom. The van der Waals surface area contributed by atoms with Gasteiger partial charge in [0.15, 0.2) is 0 Å². The molecule has 0 fully saturated rings. The van der Waals surface area contributed by atoms with Crippen LogP contribution in [0.5, 0.6) is 0 Å². The molecule has 0 unspecified atom stereocenters. The standard InChI is InChI=1S/C9H6F2N2O2/c1-15-9(14)5-2-6(8(10)11)7(3-12)13-4-5/h2,4,8H,1H3. The Labute approximate surface area is 84.1 Å². The Hall–Kier alpha value is -2.03. The molecule has 0 saturated heterocycles. The number of aromatic nitrogens is 1. The number of hydrogen-bond acceptors (Lipinski definition) is 4. The van der Waals surface area contributed by atoms with Gasteiger partial charge in [-0.25, -0.2) is 18.6 Å². The van der Waals surface area contributed by atoms with Gasteiger partial charge in [-0.15, -0.1) is 0 Å². The van der Waals surface area contributed by atoms with E-state index in [1.54, 1.807) is 0 Å². The summed E-state index contributed by atoms with van der Waals surface area (Å²) in [5.41, 5.74) is -1.06. The molecule has 1 heterocycles. The highest BCUT2D eigenvalue weighted by Crippen LogP contribution is 2.22. The molecule has 0 aliphatic carbocycles. The van der Waals surface area contributed by atoms with Crippen LogP contribution in [-0.2, 0) is 4.74 Å². The largest absolute Gasteiger partial charge is 0.465 e. The smallest absolute Gasteiger partial charge is 0.339 e. The number of nitrogens with zero attached hydrogens (tertiary/aromatic N) is 2. The maximum Gasteiger partial charge on any atom is 0.339 e. The second kappa shape index (κ2) is 4.46. The molecule has 0 saturated carbocycles. The van der Waals surface area contributed by atoms with Crippen LogP contribution in [0.25, 0.3) is 0 Å². The van der Waals surface area contributed by atoms with Crippen LogP contribution < -0.4 is 0 Å². The number of nitriles is 1. The number of ether oxygens (including phenoxy) is 1. The van der Waals surface area contributed by atoms with E-state index >= 15 is 0 Å². The Bertz CT molecular complexity index is 427. The second-order valence-electron chi connectivity index (χ2n) is 2.57. The quantitative estimate of drug-likeness (QED) is 0.699. The van der Waals surface area contributed by atoms with Crippen molar-refractivity contribution in [2.45, 2.75) is 6.43 Å². The summed E-state index contributed by atoms with van der Waals surface area (Å²) in [6, 6.07) is 2.42. The number of alkyl halides is 2. The molecule has 1 rings (SSSR count). The van der Waals surface area contributed by atoms with Crippen molar-refractivity contribution in [3.05, 3.63) is 29.1 Å². The summed E-state index contributed by atoms with van der Waals surface area (Å²) in [6.07, 6.45) is -1.83. The van der Waals surface area contributed by atoms with E-state index in [1.165, 1.54) is 6.07 Å². The lowest BCUT2D eigenvalue weighted by Crippen LogP contribution is -2.05. The van der Waals surface area contributed by atoms with Crippen LogP contribution in [0.3, 0.4) is 0 Å². The second-order valence-corrected chi connectivity index (χ2v) is 2.57. The van der Waals surface area contributed by atoms with Crippen molar-refractivity contribution >= 4 is 5.97 Å². The lowest BCUT2D eigenvalue weighted by Gasteiger charge is -2.04. The normalized spacial score (nSPS) is 9.80. The zero-order valence-corrected chi connectivity index (χ0v) is 7.70. The minimum absolute atomic E-state index is 0.105. The van der Waals surface area contributed by atoms with Crippen molar-refractivity contribution in [1.82, 2.24) is 4.98 Å². The van der Waals surface area contributed by atoms with E-state index in [0.29, 0.717) is 0 Å². The maximum absolute atomic E-state index is 12.4. The van der Waals surface area contributed by atoms with Gasteiger partial charge in [0, 0.05) is 6.20 Å². The highest BCUT2D eigenvalue weighted by molar-refractivity contribution is 5.89. The summed E-state index contributed by atoms with van der Waals surface area (Å²) in [5, 5.41) is 8.49. The molecule has 1 aromatic heterocycles. The van der Waals surface area contributed by atoms with E-state index in [2.05, 4.69) is 9.72 Å². The summed E-state index contributed by atoms with van der Waals surface area (Å²) in [7, 11) is 1.13. The predicted octanol–water partition coefficient (Wildman–Crippen LogP) is 1.68. The monoisotopic (exact) mass is 212 g/mol. The summed E-state index contributed by atoms with van der Waals surface area (Å²) in [6.45, 7) is 0. The van der Waals surface area contributed by atoms with Gasteiger partial charge in [-0.2, -0.15) is 5.26 Å². The van der Waals surface area contributed by atoms with Crippen LogP contribution in [0.2, 0.25) is 0 Å². The van der Waals surface area contributed by atoms with Crippen LogP contribution in [0.4, 0.5) is 8.78 Å². The van der Waals surface area contributed by atoms with Crippen molar-refractivity contribution in [2.75, 3.05) is 7.11 Å². The molecule has 0 bridgehead atoms. The van der Waals surface area contributed by atoms with Crippen LogP contribution >= 0.6 is 0 Å². The molecule has 0 aliphatic heterocycles. The SMILES string of the molecule is COC(=O)c1cnc(C#N)c(C(F)F)c1. The molecule has 15 heavy (non-hydrogen) atoms. The summed E-state index contributed by atoms with van der Waals surface area (Å²) >= 11 is 0. The number of methoxy groups -OCH3 is 1. The first kappa shape index (κ1) is 11.0. The minimum Gasteiger partial charge on any atom is -0.465 e. The zero-order valence-electron chi connectivity index (χ0n) is 7.70. The van der Waals surface area contributed by atoms with Gasteiger partial charge in [0.05, 0.1) is 18.2 Å². The molecule has 6 heteroatoms. The third kappa shape index (κ3) is 2.26. The molecule has 0 radical (unpaired) electrons. The average Bonchev–Trinajstić information content (AvgIpc) is 2.27. The lowest BCUT2D eigenvalue weighted by atomic mass is 10.1. The van der Waals surface area contributed by atoms with Gasteiger partial charge >= 0.3 is 5.97 Å². The van der Waals surface area contributed by atoms with E-state index in [4.69, 9.17) is 5.26 Å². The molecule has 78 valence electrons. The van der Waals surface area contributed by atoms with Crippen LogP contribution in [-0.4, -0.2) is 18.1 Å². The summed E-state index contributed by atoms with van der Waals surface area (Å²) in [4.78, 5) is 14.4. The number of carbonyl (C=O) groups is 1. The highest BCUT2D eigenvalue weighted by Gasteiger charge is 2.17. The fraction of sp³-hybridized carbons (Fsp3) is 0.222. The van der Waals surface area contributed by atoms with Crippen molar-refractivity contribution in [1.29, 1.82) is 5.26 Å². The van der Waals surface area contributed by atoms with Crippen molar-refractivity contribution < 1.29 is 18.3 Å². The van der Waals surface area contributed by atoms with Gasteiger partial charge in [0.2, 0.25) is 0 Å². The molecule has 0 aromatic carbocycles.